The van der Waals surface area contributed by atoms with Crippen molar-refractivity contribution >= 4 is 6.09 Å². The largest absolute Gasteiger partial charge is 0.444 e. The van der Waals surface area contributed by atoms with Crippen LogP contribution in [-0.4, -0.2) is 36.3 Å². The van der Waals surface area contributed by atoms with Crippen molar-refractivity contribution < 1.29 is 9.53 Å². The Bertz CT molecular complexity index is 438. The number of unbranched alkanes of at least 4 members (excludes halogenated alkanes) is 1. The molecule has 1 amide bonds. The van der Waals surface area contributed by atoms with Gasteiger partial charge in [-0.2, -0.15) is 0 Å². The maximum Gasteiger partial charge on any atom is 0.407 e. The monoisotopic (exact) mass is 307 g/mol. The molecule has 1 aromatic heterocycles. The smallest absolute Gasteiger partial charge is 0.407 e. The van der Waals surface area contributed by atoms with Gasteiger partial charge in [0.1, 0.15) is 5.60 Å². The Hall–Kier alpha value is -1.62. The lowest BCUT2D eigenvalue weighted by atomic mass is 10.2. The summed E-state index contributed by atoms with van der Waals surface area (Å²) in [6, 6.07) is 4.16. The molecule has 0 aliphatic heterocycles. The van der Waals surface area contributed by atoms with Gasteiger partial charge in [-0.15, -0.1) is 0 Å². The lowest BCUT2D eigenvalue weighted by Gasteiger charge is -2.19. The van der Waals surface area contributed by atoms with Crippen molar-refractivity contribution in [3.8, 4) is 0 Å². The highest BCUT2D eigenvalue weighted by Crippen LogP contribution is 2.06. The summed E-state index contributed by atoms with van der Waals surface area (Å²) in [7, 11) is 0. The molecule has 0 aliphatic carbocycles. The van der Waals surface area contributed by atoms with Gasteiger partial charge >= 0.3 is 6.09 Å². The van der Waals surface area contributed by atoms with Crippen molar-refractivity contribution in [2.75, 3.05) is 19.6 Å². The fourth-order valence-electron chi connectivity index (χ4n) is 1.87. The van der Waals surface area contributed by atoms with E-state index in [0.717, 1.165) is 38.0 Å². The van der Waals surface area contributed by atoms with Crippen LogP contribution in [0.15, 0.2) is 18.3 Å². The van der Waals surface area contributed by atoms with Crippen LogP contribution in [0.3, 0.4) is 0 Å². The number of hydrogen-bond acceptors (Lipinski definition) is 4. The lowest BCUT2D eigenvalue weighted by molar-refractivity contribution is 0.0527. The van der Waals surface area contributed by atoms with E-state index in [1.807, 2.05) is 33.9 Å². The number of ether oxygens (including phenoxy) is 1. The average molecular weight is 307 g/mol. The molecule has 1 heterocycles. The maximum absolute atomic E-state index is 11.4. The first kappa shape index (κ1) is 18.4. The number of hydrogen-bond donors (Lipinski definition) is 2. The summed E-state index contributed by atoms with van der Waals surface area (Å²) in [5.41, 5.74) is 1.87. The highest BCUT2D eigenvalue weighted by Gasteiger charge is 2.15. The molecule has 0 aliphatic rings. The maximum atomic E-state index is 11.4. The van der Waals surface area contributed by atoms with E-state index in [1.54, 1.807) is 0 Å². The summed E-state index contributed by atoms with van der Waals surface area (Å²) in [6.45, 7) is 10.1. The zero-order valence-electron chi connectivity index (χ0n) is 14.2. The highest BCUT2D eigenvalue weighted by atomic mass is 16.6. The molecule has 5 nitrogen and oxygen atoms in total. The van der Waals surface area contributed by atoms with Gasteiger partial charge in [-0.25, -0.2) is 4.79 Å². The number of pyridine rings is 1. The molecule has 0 atom stereocenters. The molecule has 124 valence electrons. The van der Waals surface area contributed by atoms with Gasteiger partial charge in [-0.05, 0) is 58.7 Å². The molecule has 22 heavy (non-hydrogen) atoms. The van der Waals surface area contributed by atoms with Crippen molar-refractivity contribution in [2.24, 2.45) is 0 Å². The Labute approximate surface area is 133 Å². The molecule has 2 N–H and O–H groups in total. The standard InChI is InChI=1S/C17H29N3O2/c1-14-7-8-15(20-13-14)9-12-18-10-5-6-11-19-16(21)22-17(2,3)4/h7-8,13,18H,5-6,9-12H2,1-4H3,(H,19,21). The van der Waals surface area contributed by atoms with Crippen molar-refractivity contribution in [1.29, 1.82) is 0 Å². The SMILES string of the molecule is Cc1ccc(CCNCCCCNC(=O)OC(C)(C)C)nc1. The van der Waals surface area contributed by atoms with Crippen molar-refractivity contribution in [1.82, 2.24) is 15.6 Å². The molecule has 1 rings (SSSR count). The summed E-state index contributed by atoms with van der Waals surface area (Å²) in [5, 5.41) is 6.15. The number of alkyl carbamates (subject to hydrolysis) is 1. The number of amides is 1. The quantitative estimate of drug-likeness (QED) is 0.725. The first-order valence-corrected chi connectivity index (χ1v) is 7.96. The van der Waals surface area contributed by atoms with Crippen LogP contribution in [0.25, 0.3) is 0 Å². The van der Waals surface area contributed by atoms with Crippen LogP contribution in [0, 0.1) is 6.92 Å². The molecule has 0 radical (unpaired) electrons. The predicted octanol–water partition coefficient (Wildman–Crippen LogP) is 2.83. The molecule has 0 saturated heterocycles. The Kier molecular flexibility index (Phi) is 7.88. The van der Waals surface area contributed by atoms with E-state index >= 15 is 0 Å². The van der Waals surface area contributed by atoms with Crippen molar-refractivity contribution in [3.63, 3.8) is 0 Å². The number of aromatic nitrogens is 1. The molecule has 1 aromatic rings. The molecule has 0 unspecified atom stereocenters. The number of carbonyl (C=O) groups is 1. The fourth-order valence-corrected chi connectivity index (χ4v) is 1.87. The summed E-state index contributed by atoms with van der Waals surface area (Å²) in [5.74, 6) is 0. The van der Waals surface area contributed by atoms with E-state index in [0.29, 0.717) is 6.54 Å². The van der Waals surface area contributed by atoms with Gasteiger partial charge in [-0.3, -0.25) is 4.98 Å². The molecular formula is C17H29N3O2. The van der Waals surface area contributed by atoms with E-state index in [4.69, 9.17) is 4.74 Å². The summed E-state index contributed by atoms with van der Waals surface area (Å²) in [4.78, 5) is 15.8. The second-order valence-corrected chi connectivity index (χ2v) is 6.46. The number of nitrogens with zero attached hydrogens (tertiary/aromatic N) is 1. The molecule has 0 saturated carbocycles. The zero-order chi connectivity index (χ0) is 16.4. The van der Waals surface area contributed by atoms with Crippen molar-refractivity contribution in [2.45, 2.75) is 52.6 Å². The van der Waals surface area contributed by atoms with Gasteiger partial charge in [0, 0.05) is 31.4 Å². The summed E-state index contributed by atoms with van der Waals surface area (Å²) in [6.07, 6.45) is 4.46. The van der Waals surface area contributed by atoms with E-state index in [2.05, 4.69) is 27.8 Å². The van der Waals surface area contributed by atoms with Crippen LogP contribution in [0.2, 0.25) is 0 Å². The predicted molar refractivity (Wildman–Crippen MR) is 89.0 cm³/mol. The van der Waals surface area contributed by atoms with E-state index in [9.17, 15) is 4.79 Å². The minimum Gasteiger partial charge on any atom is -0.444 e. The molecular weight excluding hydrogens is 278 g/mol. The summed E-state index contributed by atoms with van der Waals surface area (Å²) >= 11 is 0. The van der Waals surface area contributed by atoms with Gasteiger partial charge in [0.15, 0.2) is 0 Å². The average Bonchev–Trinajstić information content (AvgIpc) is 2.42. The molecule has 0 bridgehead atoms. The number of nitrogens with one attached hydrogen (secondary N) is 2. The molecule has 5 heteroatoms. The van der Waals surface area contributed by atoms with Gasteiger partial charge in [0.05, 0.1) is 0 Å². The third kappa shape index (κ3) is 9.34. The molecule has 0 fully saturated rings. The topological polar surface area (TPSA) is 63.2 Å². The Morgan fingerprint density at radius 2 is 1.91 bits per heavy atom. The van der Waals surface area contributed by atoms with E-state index in [1.165, 1.54) is 5.56 Å². The Morgan fingerprint density at radius 1 is 1.18 bits per heavy atom. The van der Waals surface area contributed by atoms with Gasteiger partial charge < -0.3 is 15.4 Å². The number of carbonyl (C=O) groups excluding carboxylic acids is 1. The van der Waals surface area contributed by atoms with Crippen LogP contribution in [-0.2, 0) is 11.2 Å². The number of aryl methyl sites for hydroxylation is 1. The normalized spacial score (nSPS) is 11.3. The minimum absolute atomic E-state index is 0.342. The van der Waals surface area contributed by atoms with E-state index < -0.39 is 5.60 Å². The third-order valence-corrected chi connectivity index (χ3v) is 2.98. The minimum atomic E-state index is -0.435. The highest BCUT2D eigenvalue weighted by molar-refractivity contribution is 5.67. The van der Waals surface area contributed by atoms with Crippen LogP contribution >= 0.6 is 0 Å². The lowest BCUT2D eigenvalue weighted by Crippen LogP contribution is -2.33. The van der Waals surface area contributed by atoms with Crippen LogP contribution in [0.1, 0.15) is 44.9 Å². The second kappa shape index (κ2) is 9.41. The Morgan fingerprint density at radius 3 is 2.55 bits per heavy atom. The first-order chi connectivity index (χ1) is 10.4. The van der Waals surface area contributed by atoms with Gasteiger partial charge in [-0.1, -0.05) is 6.07 Å². The van der Waals surface area contributed by atoms with Crippen LogP contribution in [0.4, 0.5) is 4.79 Å². The molecule has 0 spiro atoms. The van der Waals surface area contributed by atoms with Gasteiger partial charge in [0.2, 0.25) is 0 Å². The van der Waals surface area contributed by atoms with E-state index in [-0.39, 0.29) is 6.09 Å². The van der Waals surface area contributed by atoms with Crippen LogP contribution < -0.4 is 10.6 Å². The van der Waals surface area contributed by atoms with Gasteiger partial charge in [0.25, 0.3) is 0 Å². The Balaban J connectivity index is 1.95. The zero-order valence-corrected chi connectivity index (χ0v) is 14.2. The number of rotatable bonds is 8. The summed E-state index contributed by atoms with van der Waals surface area (Å²) < 4.78 is 5.17. The fraction of sp³-hybridized carbons (Fsp3) is 0.647. The van der Waals surface area contributed by atoms with Crippen molar-refractivity contribution in [3.05, 3.63) is 29.6 Å². The van der Waals surface area contributed by atoms with Crippen LogP contribution in [0.5, 0.6) is 0 Å². The molecule has 0 aromatic carbocycles. The first-order valence-electron chi connectivity index (χ1n) is 7.96. The third-order valence-electron chi connectivity index (χ3n) is 2.98. The second-order valence-electron chi connectivity index (χ2n) is 6.46.